The van der Waals surface area contributed by atoms with Crippen LogP contribution in [0.4, 0.5) is 0 Å². The zero-order valence-electron chi connectivity index (χ0n) is 18.9. The van der Waals surface area contributed by atoms with Gasteiger partial charge in [0.25, 0.3) is 0 Å². The quantitative estimate of drug-likeness (QED) is 0.440. The van der Waals surface area contributed by atoms with Gasteiger partial charge in [-0.15, -0.1) is 0 Å². The third-order valence-electron chi connectivity index (χ3n) is 5.28. The van der Waals surface area contributed by atoms with Crippen molar-refractivity contribution in [3.8, 4) is 6.07 Å². The van der Waals surface area contributed by atoms with Crippen LogP contribution >= 0.6 is 15.9 Å². The van der Waals surface area contributed by atoms with Crippen molar-refractivity contribution in [3.05, 3.63) is 10.6 Å². The van der Waals surface area contributed by atoms with Crippen molar-refractivity contribution in [1.82, 2.24) is 0 Å². The van der Waals surface area contributed by atoms with Gasteiger partial charge in [0.15, 0.2) is 0 Å². The summed E-state index contributed by atoms with van der Waals surface area (Å²) in [6.45, 7) is 20.7. The molecule has 0 saturated heterocycles. The Labute approximate surface area is 168 Å². The smallest absolute Gasteiger partial charge is 0.0624 e. The average molecular weight is 417 g/mol. The van der Waals surface area contributed by atoms with Gasteiger partial charge in [0, 0.05) is 6.42 Å². The first kappa shape index (κ1) is 29.5. The lowest BCUT2D eigenvalue weighted by Gasteiger charge is -2.44. The molecule has 1 nitrogen and oxygen atoms in total. The lowest BCUT2D eigenvalue weighted by molar-refractivity contribution is 0.0993. The SMILES string of the molecule is CC.CC.CC.CC.C[C@H](CC#N)C1CC[C@H]2/C(=C/Br)CCCC12C. The Kier molecular flexibility index (Phi) is 21.8. The van der Waals surface area contributed by atoms with E-state index in [4.69, 9.17) is 5.26 Å². The molecule has 25 heavy (non-hydrogen) atoms. The molecule has 0 aromatic heterocycles. The maximum atomic E-state index is 8.91. The fourth-order valence-corrected chi connectivity index (χ4v) is 4.98. The molecule has 2 unspecified atom stereocenters. The summed E-state index contributed by atoms with van der Waals surface area (Å²) >= 11 is 3.54. The largest absolute Gasteiger partial charge is 0.198 e. The minimum absolute atomic E-state index is 0.452. The molecule has 2 aliphatic rings. The third-order valence-corrected chi connectivity index (χ3v) is 5.87. The number of hydrogen-bond acceptors (Lipinski definition) is 1. The lowest BCUT2D eigenvalue weighted by atomic mass is 9.61. The maximum Gasteiger partial charge on any atom is 0.0624 e. The van der Waals surface area contributed by atoms with Gasteiger partial charge in [0.1, 0.15) is 0 Å². The number of nitriles is 1. The van der Waals surface area contributed by atoms with Crippen LogP contribution in [0.15, 0.2) is 10.6 Å². The molecular weight excluding hydrogens is 370 g/mol. The Hall–Kier alpha value is -0.290. The van der Waals surface area contributed by atoms with E-state index in [-0.39, 0.29) is 0 Å². The molecule has 2 rings (SSSR count). The first-order valence-electron chi connectivity index (χ1n) is 10.8. The molecule has 2 aliphatic carbocycles. The van der Waals surface area contributed by atoms with E-state index in [9.17, 15) is 0 Å². The Balaban J connectivity index is -0.000000533. The molecule has 4 atom stereocenters. The predicted molar refractivity (Wildman–Crippen MR) is 120 cm³/mol. The van der Waals surface area contributed by atoms with Crippen LogP contribution in [0, 0.1) is 34.5 Å². The summed E-state index contributed by atoms with van der Waals surface area (Å²) in [4.78, 5) is 2.17. The van der Waals surface area contributed by atoms with Gasteiger partial charge in [0.2, 0.25) is 0 Å². The van der Waals surface area contributed by atoms with Crippen molar-refractivity contribution in [1.29, 1.82) is 5.26 Å². The van der Waals surface area contributed by atoms with Crippen molar-refractivity contribution in [2.75, 3.05) is 0 Å². The predicted octanol–water partition coefficient (Wildman–Crippen LogP) is 9.14. The van der Waals surface area contributed by atoms with E-state index >= 15 is 0 Å². The summed E-state index contributed by atoms with van der Waals surface area (Å²) in [5, 5.41) is 8.91. The van der Waals surface area contributed by atoms with E-state index in [1.807, 2.05) is 55.4 Å². The summed E-state index contributed by atoms with van der Waals surface area (Å²) in [6, 6.07) is 2.36. The zero-order chi connectivity index (χ0) is 20.5. The summed E-state index contributed by atoms with van der Waals surface area (Å²) in [5.74, 6) is 2.07. The molecular formula is C23H46BrN. The van der Waals surface area contributed by atoms with E-state index in [2.05, 4.69) is 40.8 Å². The zero-order valence-corrected chi connectivity index (χ0v) is 20.5. The van der Waals surface area contributed by atoms with Gasteiger partial charge in [-0.05, 0) is 60.3 Å². The Morgan fingerprint density at radius 2 is 1.64 bits per heavy atom. The molecule has 0 amide bonds. The second-order valence-electron chi connectivity index (χ2n) is 6.12. The Morgan fingerprint density at radius 3 is 2.08 bits per heavy atom. The summed E-state index contributed by atoms with van der Waals surface area (Å²) in [5.41, 5.74) is 2.07. The first-order valence-corrected chi connectivity index (χ1v) is 11.7. The van der Waals surface area contributed by atoms with Crippen molar-refractivity contribution >= 4 is 15.9 Å². The Morgan fingerprint density at radius 1 is 1.12 bits per heavy atom. The lowest BCUT2D eigenvalue weighted by Crippen LogP contribution is -2.35. The fourth-order valence-electron chi connectivity index (χ4n) is 4.43. The maximum absolute atomic E-state index is 8.91. The van der Waals surface area contributed by atoms with Crippen molar-refractivity contribution in [2.45, 2.75) is 108 Å². The van der Waals surface area contributed by atoms with Crippen molar-refractivity contribution in [3.63, 3.8) is 0 Å². The van der Waals surface area contributed by atoms with Crippen molar-refractivity contribution < 1.29 is 0 Å². The van der Waals surface area contributed by atoms with Gasteiger partial charge in [0.05, 0.1) is 6.07 Å². The molecule has 0 spiro atoms. The van der Waals surface area contributed by atoms with Gasteiger partial charge in [-0.25, -0.2) is 0 Å². The van der Waals surface area contributed by atoms with E-state index < -0.39 is 0 Å². The highest BCUT2D eigenvalue weighted by atomic mass is 79.9. The number of halogens is 1. The van der Waals surface area contributed by atoms with Crippen LogP contribution in [-0.2, 0) is 0 Å². The number of allylic oxidation sites excluding steroid dienone is 1. The van der Waals surface area contributed by atoms with E-state index in [0.717, 1.165) is 18.3 Å². The van der Waals surface area contributed by atoms with Crippen LogP contribution in [0.2, 0.25) is 0 Å². The minimum Gasteiger partial charge on any atom is -0.198 e. The van der Waals surface area contributed by atoms with E-state index in [1.165, 1.54) is 32.1 Å². The highest BCUT2D eigenvalue weighted by molar-refractivity contribution is 9.11. The summed E-state index contributed by atoms with van der Waals surface area (Å²) in [6.07, 6.45) is 7.30. The van der Waals surface area contributed by atoms with Crippen molar-refractivity contribution in [2.24, 2.45) is 23.2 Å². The monoisotopic (exact) mass is 415 g/mol. The van der Waals surface area contributed by atoms with Crippen LogP contribution < -0.4 is 0 Å². The van der Waals surface area contributed by atoms with Crippen LogP contribution in [0.3, 0.4) is 0 Å². The molecule has 2 fully saturated rings. The Bertz CT molecular complexity index is 356. The molecule has 0 heterocycles. The number of fused-ring (bicyclic) bond motifs is 1. The van der Waals surface area contributed by atoms with Crippen LogP contribution in [-0.4, -0.2) is 0 Å². The molecule has 0 bridgehead atoms. The van der Waals surface area contributed by atoms with Crippen LogP contribution in [0.1, 0.15) is 108 Å². The summed E-state index contributed by atoms with van der Waals surface area (Å²) < 4.78 is 0. The van der Waals surface area contributed by atoms with Gasteiger partial charge in [-0.1, -0.05) is 90.7 Å². The summed E-state index contributed by atoms with van der Waals surface area (Å²) in [7, 11) is 0. The molecule has 2 saturated carbocycles. The molecule has 2 heteroatoms. The first-order chi connectivity index (χ1) is 12.1. The van der Waals surface area contributed by atoms with Gasteiger partial charge >= 0.3 is 0 Å². The van der Waals surface area contributed by atoms with Crippen LogP contribution in [0.5, 0.6) is 0 Å². The fraction of sp³-hybridized carbons (Fsp3) is 0.870. The van der Waals surface area contributed by atoms with Gasteiger partial charge < -0.3 is 0 Å². The second kappa shape index (κ2) is 18.5. The molecule has 0 aliphatic heterocycles. The third kappa shape index (κ3) is 8.29. The molecule has 0 N–H and O–H groups in total. The minimum atomic E-state index is 0.452. The van der Waals surface area contributed by atoms with E-state index in [0.29, 0.717) is 11.3 Å². The molecule has 0 radical (unpaired) electrons. The number of rotatable bonds is 2. The topological polar surface area (TPSA) is 23.8 Å². The van der Waals surface area contributed by atoms with E-state index in [1.54, 1.807) is 5.57 Å². The van der Waals surface area contributed by atoms with Crippen LogP contribution in [0.25, 0.3) is 0 Å². The molecule has 150 valence electrons. The average Bonchev–Trinajstić information content (AvgIpc) is 3.05. The number of hydrogen-bond donors (Lipinski definition) is 0. The molecule has 0 aromatic carbocycles. The normalized spacial score (nSPS) is 28.8. The highest BCUT2D eigenvalue weighted by Crippen LogP contribution is 2.59. The van der Waals surface area contributed by atoms with Gasteiger partial charge in [-0.2, -0.15) is 5.26 Å². The standard InChI is InChI=1S/C15H22BrN.4C2H6/c1-11(7-9-17)13-5-6-14-12(10-16)4-3-8-15(13,14)2;4*1-2/h10-11,13-14H,3-8H2,1-2H3;4*1-2H3/b12-10+;;;;/t11-,13?,14+,15?;;;;/m1..../s1. The van der Waals surface area contributed by atoms with Gasteiger partial charge in [-0.3, -0.25) is 0 Å². The number of nitrogens with zero attached hydrogens (tertiary/aromatic N) is 1. The highest BCUT2D eigenvalue weighted by Gasteiger charge is 2.50. The second-order valence-corrected chi connectivity index (χ2v) is 6.58. The molecule has 0 aromatic rings.